The van der Waals surface area contributed by atoms with Crippen LogP contribution in [-0.2, 0) is 14.8 Å². The summed E-state index contributed by atoms with van der Waals surface area (Å²) in [6.45, 7) is 3.54. The highest BCUT2D eigenvalue weighted by atomic mass is 32.2. The summed E-state index contributed by atoms with van der Waals surface area (Å²) in [6, 6.07) is 9.72. The number of hydrogen-bond acceptors (Lipinski definition) is 6. The Labute approximate surface area is 178 Å². The smallest absolute Gasteiger partial charge is 0.247 e. The van der Waals surface area contributed by atoms with Gasteiger partial charge in [0.25, 0.3) is 0 Å². The number of nitrogens with one attached hydrogen (secondary N) is 3. The lowest BCUT2D eigenvalue weighted by molar-refractivity contribution is -0.118. The molecule has 3 aromatic rings. The molecule has 2 aromatic heterocycles. The Hall–Kier alpha value is -2.50. The summed E-state index contributed by atoms with van der Waals surface area (Å²) in [5, 5.41) is 11.7. The topological polar surface area (TPSA) is 109 Å². The van der Waals surface area contributed by atoms with Gasteiger partial charge in [0.1, 0.15) is 6.04 Å². The third-order valence-corrected chi connectivity index (χ3v) is 6.76. The maximum Gasteiger partial charge on any atom is 0.247 e. The number of hydrogen-bond donors (Lipinski definition) is 3. The summed E-state index contributed by atoms with van der Waals surface area (Å²) in [5.41, 5.74) is 0.995. The molecule has 0 aliphatic carbocycles. The van der Waals surface area contributed by atoms with E-state index in [-0.39, 0.29) is 11.7 Å². The van der Waals surface area contributed by atoms with Crippen molar-refractivity contribution in [3.63, 3.8) is 0 Å². The molecule has 1 amide bonds. The number of sulfonamides is 1. The molecule has 0 fully saturated rings. The maximum absolute atomic E-state index is 12.8. The Morgan fingerprint density at radius 3 is 2.59 bits per heavy atom. The van der Waals surface area contributed by atoms with Gasteiger partial charge in [-0.2, -0.15) is 5.10 Å². The van der Waals surface area contributed by atoms with Gasteiger partial charge in [0, 0.05) is 11.4 Å². The molecule has 11 heteroatoms. The minimum atomic E-state index is -3.36. The zero-order valence-electron chi connectivity index (χ0n) is 15.9. The third kappa shape index (κ3) is 5.11. The normalized spacial score (nSPS) is 12.5. The van der Waals surface area contributed by atoms with Crippen LogP contribution in [0.5, 0.6) is 0 Å². The first-order valence-electron chi connectivity index (χ1n) is 8.93. The number of aromatic amines is 1. The van der Waals surface area contributed by atoms with E-state index in [4.69, 9.17) is 12.2 Å². The standard InChI is InChI=1S/C18H21N5O3S3/c1-3-11-29(25,26)22-14-8-6-13(7-9-14)19-17(24)12(2)23-16(20-21-18(23)27)15-5-4-10-28-15/h4-10,12,22H,3,11H2,1-2H3,(H,19,24)(H,21,27). The average molecular weight is 452 g/mol. The number of anilines is 2. The summed E-state index contributed by atoms with van der Waals surface area (Å²) >= 11 is 6.81. The monoisotopic (exact) mass is 451 g/mol. The first-order chi connectivity index (χ1) is 13.8. The number of thiophene rings is 1. The molecule has 154 valence electrons. The van der Waals surface area contributed by atoms with Gasteiger partial charge >= 0.3 is 0 Å². The number of amides is 1. The third-order valence-electron chi connectivity index (χ3n) is 4.11. The zero-order valence-corrected chi connectivity index (χ0v) is 18.3. The number of nitrogens with zero attached hydrogens (tertiary/aromatic N) is 2. The van der Waals surface area contributed by atoms with Crippen LogP contribution in [0.1, 0.15) is 26.3 Å². The van der Waals surface area contributed by atoms with Crippen molar-refractivity contribution in [3.05, 3.63) is 46.5 Å². The summed E-state index contributed by atoms with van der Waals surface area (Å²) in [5.74, 6) is 0.397. The minimum absolute atomic E-state index is 0.0565. The first-order valence-corrected chi connectivity index (χ1v) is 11.9. The molecular weight excluding hydrogens is 430 g/mol. The van der Waals surface area contributed by atoms with Crippen LogP contribution >= 0.6 is 23.6 Å². The van der Waals surface area contributed by atoms with E-state index in [1.165, 1.54) is 11.3 Å². The van der Waals surface area contributed by atoms with Crippen molar-refractivity contribution < 1.29 is 13.2 Å². The van der Waals surface area contributed by atoms with E-state index in [0.29, 0.717) is 28.4 Å². The molecule has 1 unspecified atom stereocenters. The van der Waals surface area contributed by atoms with E-state index in [1.54, 1.807) is 42.7 Å². The van der Waals surface area contributed by atoms with E-state index in [1.807, 2.05) is 17.5 Å². The molecule has 0 aliphatic heterocycles. The van der Waals surface area contributed by atoms with Crippen LogP contribution in [-0.4, -0.2) is 34.8 Å². The highest BCUT2D eigenvalue weighted by Crippen LogP contribution is 2.26. The number of carbonyl (C=O) groups is 1. The Kier molecular flexibility index (Phi) is 6.50. The van der Waals surface area contributed by atoms with Crippen molar-refractivity contribution in [2.75, 3.05) is 15.8 Å². The first kappa shape index (κ1) is 21.2. The van der Waals surface area contributed by atoms with Crippen molar-refractivity contribution in [3.8, 4) is 10.7 Å². The van der Waals surface area contributed by atoms with Crippen molar-refractivity contribution in [1.82, 2.24) is 14.8 Å². The Morgan fingerprint density at radius 2 is 1.97 bits per heavy atom. The maximum atomic E-state index is 12.8. The Morgan fingerprint density at radius 1 is 1.28 bits per heavy atom. The van der Waals surface area contributed by atoms with Gasteiger partial charge in [0.2, 0.25) is 15.9 Å². The van der Waals surface area contributed by atoms with Gasteiger partial charge in [0.05, 0.1) is 10.6 Å². The fourth-order valence-electron chi connectivity index (χ4n) is 2.73. The average Bonchev–Trinajstić information content (AvgIpc) is 3.31. The van der Waals surface area contributed by atoms with Gasteiger partial charge < -0.3 is 5.32 Å². The Balaban J connectivity index is 1.73. The second kappa shape index (κ2) is 8.89. The fraction of sp³-hybridized carbons (Fsp3) is 0.278. The number of aromatic nitrogens is 3. The van der Waals surface area contributed by atoms with Crippen LogP contribution < -0.4 is 10.0 Å². The van der Waals surface area contributed by atoms with Gasteiger partial charge in [-0.05, 0) is 61.3 Å². The molecule has 0 aliphatic rings. The van der Waals surface area contributed by atoms with Gasteiger partial charge in [-0.3, -0.25) is 19.2 Å². The van der Waals surface area contributed by atoms with Crippen LogP contribution in [0.25, 0.3) is 10.7 Å². The lowest BCUT2D eigenvalue weighted by Gasteiger charge is -2.15. The summed E-state index contributed by atoms with van der Waals surface area (Å²) in [7, 11) is -3.36. The van der Waals surface area contributed by atoms with Crippen LogP contribution in [0.3, 0.4) is 0 Å². The van der Waals surface area contributed by atoms with Gasteiger partial charge in [0.15, 0.2) is 10.6 Å². The van der Waals surface area contributed by atoms with E-state index in [9.17, 15) is 13.2 Å². The predicted octanol–water partition coefficient (Wildman–Crippen LogP) is 4.02. The molecule has 8 nitrogen and oxygen atoms in total. The quantitative estimate of drug-likeness (QED) is 0.448. The molecule has 3 N–H and O–H groups in total. The molecule has 0 bridgehead atoms. The molecule has 1 atom stereocenters. The second-order valence-electron chi connectivity index (χ2n) is 6.36. The molecule has 0 saturated heterocycles. The number of carbonyl (C=O) groups excluding carboxylic acids is 1. The zero-order chi connectivity index (χ0) is 21.0. The predicted molar refractivity (Wildman–Crippen MR) is 118 cm³/mol. The van der Waals surface area contributed by atoms with Crippen molar-refractivity contribution in [1.29, 1.82) is 0 Å². The molecule has 3 rings (SSSR count). The fourth-order valence-corrected chi connectivity index (χ4v) is 4.86. The Bertz CT molecular complexity index is 1130. The van der Waals surface area contributed by atoms with Gasteiger partial charge in [-0.15, -0.1) is 11.3 Å². The van der Waals surface area contributed by atoms with Crippen LogP contribution in [0.4, 0.5) is 11.4 Å². The largest absolute Gasteiger partial charge is 0.324 e. The van der Waals surface area contributed by atoms with Crippen molar-refractivity contribution in [2.24, 2.45) is 0 Å². The molecule has 29 heavy (non-hydrogen) atoms. The van der Waals surface area contributed by atoms with Crippen molar-refractivity contribution >= 4 is 50.9 Å². The van der Waals surface area contributed by atoms with Gasteiger partial charge in [-0.1, -0.05) is 13.0 Å². The van der Waals surface area contributed by atoms with E-state index in [2.05, 4.69) is 20.2 Å². The van der Waals surface area contributed by atoms with Crippen LogP contribution in [0.2, 0.25) is 0 Å². The lowest BCUT2D eigenvalue weighted by atomic mass is 10.2. The van der Waals surface area contributed by atoms with Crippen LogP contribution in [0.15, 0.2) is 41.8 Å². The lowest BCUT2D eigenvalue weighted by Crippen LogP contribution is -2.24. The van der Waals surface area contributed by atoms with E-state index < -0.39 is 16.1 Å². The number of benzene rings is 1. The number of H-pyrrole nitrogens is 1. The molecule has 0 saturated carbocycles. The van der Waals surface area contributed by atoms with Crippen LogP contribution in [0, 0.1) is 4.77 Å². The summed E-state index contributed by atoms with van der Waals surface area (Å²) in [6.07, 6.45) is 0.533. The summed E-state index contributed by atoms with van der Waals surface area (Å²) in [4.78, 5) is 13.7. The molecule has 1 aromatic carbocycles. The van der Waals surface area contributed by atoms with E-state index >= 15 is 0 Å². The number of rotatable bonds is 8. The van der Waals surface area contributed by atoms with Gasteiger partial charge in [-0.25, -0.2) is 8.42 Å². The van der Waals surface area contributed by atoms with E-state index in [0.717, 1.165) is 4.88 Å². The molecule has 0 radical (unpaired) electrons. The molecular formula is C18H21N5O3S3. The summed E-state index contributed by atoms with van der Waals surface area (Å²) < 4.78 is 28.2. The highest BCUT2D eigenvalue weighted by molar-refractivity contribution is 7.92. The molecule has 2 heterocycles. The highest BCUT2D eigenvalue weighted by Gasteiger charge is 2.21. The SMILES string of the molecule is CCCS(=O)(=O)Nc1ccc(NC(=O)C(C)n2c(-c3cccs3)n[nH]c2=S)cc1. The van der Waals surface area contributed by atoms with Crippen molar-refractivity contribution in [2.45, 2.75) is 26.3 Å². The molecule has 0 spiro atoms. The second-order valence-corrected chi connectivity index (χ2v) is 9.54. The minimum Gasteiger partial charge on any atom is -0.324 e.